The third kappa shape index (κ3) is 4.30. The summed E-state index contributed by atoms with van der Waals surface area (Å²) in [6.45, 7) is -0.0128. The SMILES string of the molecule is O=C(/C=N/OCc1cc(F)cc2cccnc12)Nc1ccccc1Cl. The zero-order valence-corrected chi connectivity index (χ0v) is 13.7. The van der Waals surface area contributed by atoms with E-state index >= 15 is 0 Å². The first-order valence-electron chi connectivity index (χ1n) is 7.37. The van der Waals surface area contributed by atoms with E-state index in [1.807, 2.05) is 0 Å². The zero-order valence-electron chi connectivity index (χ0n) is 12.9. The number of carbonyl (C=O) groups is 1. The largest absolute Gasteiger partial charge is 0.391 e. The van der Waals surface area contributed by atoms with Gasteiger partial charge in [0.25, 0.3) is 5.91 Å². The van der Waals surface area contributed by atoms with Gasteiger partial charge < -0.3 is 10.2 Å². The molecule has 0 aliphatic carbocycles. The summed E-state index contributed by atoms with van der Waals surface area (Å²) in [6.07, 6.45) is 2.60. The summed E-state index contributed by atoms with van der Waals surface area (Å²) in [4.78, 5) is 21.1. The van der Waals surface area contributed by atoms with E-state index in [0.29, 0.717) is 27.2 Å². The molecule has 3 rings (SSSR count). The Kier molecular flexibility index (Phi) is 5.20. The van der Waals surface area contributed by atoms with Crippen LogP contribution < -0.4 is 5.32 Å². The molecule has 0 unspecified atom stereocenters. The topological polar surface area (TPSA) is 63.6 Å². The molecule has 1 amide bonds. The summed E-state index contributed by atoms with van der Waals surface area (Å²) in [5.74, 6) is -0.880. The fourth-order valence-corrected chi connectivity index (χ4v) is 2.44. The van der Waals surface area contributed by atoms with Crippen LogP contribution >= 0.6 is 11.6 Å². The molecule has 0 fully saturated rings. The van der Waals surface area contributed by atoms with Crippen LogP contribution in [-0.4, -0.2) is 17.1 Å². The second-order valence-corrected chi connectivity index (χ2v) is 5.52. The molecule has 7 heteroatoms. The number of amides is 1. The van der Waals surface area contributed by atoms with Gasteiger partial charge >= 0.3 is 0 Å². The maximum absolute atomic E-state index is 13.6. The minimum Gasteiger partial charge on any atom is -0.391 e. The van der Waals surface area contributed by atoms with Gasteiger partial charge in [-0.25, -0.2) is 4.39 Å². The van der Waals surface area contributed by atoms with E-state index in [2.05, 4.69) is 15.5 Å². The number of oxime groups is 1. The van der Waals surface area contributed by atoms with Crippen molar-refractivity contribution in [1.29, 1.82) is 0 Å². The van der Waals surface area contributed by atoms with E-state index in [0.717, 1.165) is 6.21 Å². The highest BCUT2D eigenvalue weighted by Crippen LogP contribution is 2.20. The molecular formula is C18H13ClFN3O2. The Morgan fingerprint density at radius 2 is 2.12 bits per heavy atom. The number of carbonyl (C=O) groups excluding carboxylic acids is 1. The Labute approximate surface area is 148 Å². The van der Waals surface area contributed by atoms with Crippen molar-refractivity contribution in [3.8, 4) is 0 Å². The lowest BCUT2D eigenvalue weighted by Gasteiger charge is -2.05. The number of rotatable bonds is 5. The van der Waals surface area contributed by atoms with Gasteiger partial charge in [-0.1, -0.05) is 35.0 Å². The maximum Gasteiger partial charge on any atom is 0.270 e. The molecule has 126 valence electrons. The van der Waals surface area contributed by atoms with Crippen molar-refractivity contribution in [2.24, 2.45) is 5.16 Å². The number of benzene rings is 2. The van der Waals surface area contributed by atoms with Crippen LogP contribution in [0.15, 0.2) is 59.9 Å². The van der Waals surface area contributed by atoms with Crippen molar-refractivity contribution >= 4 is 40.3 Å². The molecule has 1 N–H and O–H groups in total. The van der Waals surface area contributed by atoms with Gasteiger partial charge in [-0.2, -0.15) is 0 Å². The molecule has 0 aliphatic heterocycles. The lowest BCUT2D eigenvalue weighted by molar-refractivity contribution is -0.110. The lowest BCUT2D eigenvalue weighted by Crippen LogP contribution is -2.13. The number of aromatic nitrogens is 1. The fourth-order valence-electron chi connectivity index (χ4n) is 2.26. The average Bonchev–Trinajstić information content (AvgIpc) is 2.60. The Morgan fingerprint density at radius 1 is 1.28 bits per heavy atom. The summed E-state index contributed by atoms with van der Waals surface area (Å²) in [5, 5.41) is 7.26. The van der Waals surface area contributed by atoms with E-state index in [4.69, 9.17) is 16.4 Å². The second-order valence-electron chi connectivity index (χ2n) is 5.12. The second kappa shape index (κ2) is 7.72. The zero-order chi connectivity index (χ0) is 17.6. The van der Waals surface area contributed by atoms with E-state index in [1.165, 1.54) is 12.1 Å². The van der Waals surface area contributed by atoms with Crippen LogP contribution in [0.5, 0.6) is 0 Å². The van der Waals surface area contributed by atoms with Crippen LogP contribution in [0, 0.1) is 5.82 Å². The third-order valence-corrected chi connectivity index (χ3v) is 3.67. The number of nitrogens with one attached hydrogen (secondary N) is 1. The van der Waals surface area contributed by atoms with Gasteiger partial charge in [-0.3, -0.25) is 9.78 Å². The van der Waals surface area contributed by atoms with Gasteiger partial charge in [0.1, 0.15) is 18.6 Å². The van der Waals surface area contributed by atoms with Crippen LogP contribution in [0.25, 0.3) is 10.9 Å². The smallest absolute Gasteiger partial charge is 0.270 e. The molecule has 0 saturated carbocycles. The van der Waals surface area contributed by atoms with E-state index < -0.39 is 5.91 Å². The third-order valence-electron chi connectivity index (χ3n) is 3.34. The summed E-state index contributed by atoms with van der Waals surface area (Å²) in [5.41, 5.74) is 1.64. The molecule has 0 spiro atoms. The highest BCUT2D eigenvalue weighted by atomic mass is 35.5. The average molecular weight is 358 g/mol. The van der Waals surface area contributed by atoms with Crippen LogP contribution in [0.2, 0.25) is 5.02 Å². The van der Waals surface area contributed by atoms with Crippen LogP contribution in [0.1, 0.15) is 5.56 Å². The van der Waals surface area contributed by atoms with Gasteiger partial charge in [0.15, 0.2) is 0 Å². The highest BCUT2D eigenvalue weighted by molar-refractivity contribution is 6.36. The fraction of sp³-hybridized carbons (Fsp3) is 0.0556. The molecule has 0 bridgehead atoms. The lowest BCUT2D eigenvalue weighted by atomic mass is 10.1. The van der Waals surface area contributed by atoms with Crippen LogP contribution in [0.3, 0.4) is 0 Å². The van der Waals surface area contributed by atoms with Crippen molar-refractivity contribution in [2.75, 3.05) is 5.32 Å². The van der Waals surface area contributed by atoms with Gasteiger partial charge in [0, 0.05) is 17.1 Å². The molecule has 2 aromatic carbocycles. The van der Waals surface area contributed by atoms with Crippen molar-refractivity contribution in [3.05, 3.63) is 71.1 Å². The number of fused-ring (bicyclic) bond motifs is 1. The van der Waals surface area contributed by atoms with E-state index in [9.17, 15) is 9.18 Å². The Balaban J connectivity index is 1.62. The summed E-state index contributed by atoms with van der Waals surface area (Å²) in [7, 11) is 0. The molecule has 0 aliphatic rings. The first kappa shape index (κ1) is 16.9. The standard InChI is InChI=1S/C18H13ClFN3O2/c19-15-5-1-2-6-16(15)23-17(24)10-22-25-11-13-9-14(20)8-12-4-3-7-21-18(12)13/h1-10H,11H2,(H,23,24)/b22-10+. The van der Waals surface area contributed by atoms with Crippen LogP contribution in [-0.2, 0) is 16.2 Å². The number of halogens is 2. The van der Waals surface area contributed by atoms with Crippen LogP contribution in [0.4, 0.5) is 10.1 Å². The molecule has 1 heterocycles. The first-order chi connectivity index (χ1) is 12.1. The molecule has 3 aromatic rings. The number of hydrogen-bond acceptors (Lipinski definition) is 4. The van der Waals surface area contributed by atoms with Gasteiger partial charge in [-0.05, 0) is 30.3 Å². The van der Waals surface area contributed by atoms with Crippen molar-refractivity contribution in [3.63, 3.8) is 0 Å². The first-order valence-corrected chi connectivity index (χ1v) is 7.75. The minimum atomic E-state index is -0.490. The van der Waals surface area contributed by atoms with Crippen molar-refractivity contribution in [2.45, 2.75) is 6.61 Å². The quantitative estimate of drug-likeness (QED) is 0.550. The van der Waals surface area contributed by atoms with E-state index in [1.54, 1.807) is 42.6 Å². The monoisotopic (exact) mass is 357 g/mol. The molecule has 0 atom stereocenters. The predicted molar refractivity (Wildman–Crippen MR) is 95.1 cm³/mol. The molecule has 0 saturated heterocycles. The minimum absolute atomic E-state index is 0.0128. The number of pyridine rings is 1. The Bertz CT molecular complexity index is 947. The Morgan fingerprint density at radius 3 is 2.96 bits per heavy atom. The highest BCUT2D eigenvalue weighted by Gasteiger charge is 2.06. The molecule has 1 aromatic heterocycles. The molecular weight excluding hydrogens is 345 g/mol. The maximum atomic E-state index is 13.6. The molecule has 5 nitrogen and oxygen atoms in total. The Hall–Kier alpha value is -2.99. The van der Waals surface area contributed by atoms with Gasteiger partial charge in [0.2, 0.25) is 0 Å². The normalized spacial score (nSPS) is 11.0. The number of nitrogens with zero attached hydrogens (tertiary/aromatic N) is 2. The number of hydrogen-bond donors (Lipinski definition) is 1. The summed E-state index contributed by atoms with van der Waals surface area (Å²) in [6, 6.07) is 13.0. The summed E-state index contributed by atoms with van der Waals surface area (Å²) >= 11 is 5.95. The van der Waals surface area contributed by atoms with Gasteiger partial charge in [0.05, 0.1) is 16.2 Å². The molecule has 0 radical (unpaired) electrons. The van der Waals surface area contributed by atoms with Crippen molar-refractivity contribution in [1.82, 2.24) is 4.98 Å². The molecule has 25 heavy (non-hydrogen) atoms. The predicted octanol–water partition coefficient (Wildman–Crippen LogP) is 4.17. The van der Waals surface area contributed by atoms with Crippen molar-refractivity contribution < 1.29 is 14.0 Å². The summed E-state index contributed by atoms with van der Waals surface area (Å²) < 4.78 is 13.6. The number of anilines is 1. The van der Waals surface area contributed by atoms with Gasteiger partial charge in [-0.15, -0.1) is 0 Å². The number of para-hydroxylation sites is 1. The van der Waals surface area contributed by atoms with E-state index in [-0.39, 0.29) is 12.4 Å².